The second-order valence-electron chi connectivity index (χ2n) is 8.52. The van der Waals surface area contributed by atoms with Crippen molar-refractivity contribution in [3.8, 4) is 22.1 Å². The molecule has 0 saturated carbocycles. The smallest absolute Gasteiger partial charge is 0.301 e. The van der Waals surface area contributed by atoms with Gasteiger partial charge in [0.2, 0.25) is 5.13 Å². The first kappa shape index (κ1) is 22.5. The van der Waals surface area contributed by atoms with E-state index in [9.17, 15) is 0 Å². The van der Waals surface area contributed by atoms with E-state index < -0.39 is 0 Å². The highest BCUT2D eigenvalue weighted by Gasteiger charge is 2.50. The van der Waals surface area contributed by atoms with Crippen molar-refractivity contribution >= 4 is 28.9 Å². The predicted molar refractivity (Wildman–Crippen MR) is 123 cm³/mol. The molecule has 9 heteroatoms. The van der Waals surface area contributed by atoms with Crippen molar-refractivity contribution in [1.82, 2.24) is 25.3 Å². The summed E-state index contributed by atoms with van der Waals surface area (Å²) in [6.45, 7) is 10.3. The van der Waals surface area contributed by atoms with Crippen molar-refractivity contribution in [2.75, 3.05) is 18.9 Å². The lowest BCUT2D eigenvalue weighted by Gasteiger charge is -2.57. The molecular weight excluding hydrogens is 420 g/mol. The average Bonchev–Trinajstić information content (AvgIpc) is 3.37. The molecule has 1 fully saturated rings. The van der Waals surface area contributed by atoms with Gasteiger partial charge in [-0.25, -0.2) is 0 Å². The summed E-state index contributed by atoms with van der Waals surface area (Å²) in [6.07, 6.45) is 4.84. The molecule has 3 heterocycles. The molecule has 2 aromatic heterocycles. The standard InChI is InChI=1S/C21H28N6OS.ClH/c1-14-9-10-27(5)21(4,20(14,2)3)24-18-25-26-19(29-18)28-17-8-6-7-15(11-17)16-12-22-23-13-16;/h6-8,11-14H,9-10H2,1-5H3,(H,22,23)(H,24,25);1H. The van der Waals surface area contributed by atoms with E-state index in [0.29, 0.717) is 11.1 Å². The maximum atomic E-state index is 5.98. The summed E-state index contributed by atoms with van der Waals surface area (Å²) >= 11 is 1.43. The molecule has 1 aliphatic rings. The van der Waals surface area contributed by atoms with Crippen LogP contribution in [0.1, 0.15) is 34.1 Å². The number of likely N-dealkylation sites (tertiary alicyclic amines) is 1. The van der Waals surface area contributed by atoms with Gasteiger partial charge in [0, 0.05) is 23.7 Å². The van der Waals surface area contributed by atoms with Crippen LogP contribution >= 0.6 is 23.7 Å². The summed E-state index contributed by atoms with van der Waals surface area (Å²) in [4.78, 5) is 2.38. The Bertz CT molecular complexity index is 976. The summed E-state index contributed by atoms with van der Waals surface area (Å²) in [5, 5.41) is 20.3. The first-order valence-electron chi connectivity index (χ1n) is 9.89. The lowest BCUT2D eigenvalue weighted by molar-refractivity contribution is -0.0444. The van der Waals surface area contributed by atoms with Gasteiger partial charge in [-0.15, -0.1) is 17.5 Å². The van der Waals surface area contributed by atoms with Crippen molar-refractivity contribution in [1.29, 1.82) is 0 Å². The van der Waals surface area contributed by atoms with E-state index in [1.165, 1.54) is 17.8 Å². The summed E-state index contributed by atoms with van der Waals surface area (Å²) in [5.41, 5.74) is 1.90. The molecule has 0 spiro atoms. The van der Waals surface area contributed by atoms with Crippen LogP contribution in [0.15, 0.2) is 36.7 Å². The first-order valence-corrected chi connectivity index (χ1v) is 10.7. The zero-order valence-corrected chi connectivity index (χ0v) is 19.6. The number of nitrogens with zero attached hydrogens (tertiary/aromatic N) is 4. The largest absolute Gasteiger partial charge is 0.430 e. The number of hydrogen-bond donors (Lipinski definition) is 2. The molecule has 0 bridgehead atoms. The number of benzene rings is 1. The van der Waals surface area contributed by atoms with Crippen LogP contribution in [-0.4, -0.2) is 44.5 Å². The van der Waals surface area contributed by atoms with Gasteiger partial charge in [0.25, 0.3) is 0 Å². The third-order valence-corrected chi connectivity index (χ3v) is 7.49. The van der Waals surface area contributed by atoms with Gasteiger partial charge in [0.05, 0.1) is 11.9 Å². The second kappa shape index (κ2) is 8.53. The second-order valence-corrected chi connectivity index (χ2v) is 9.46. The van der Waals surface area contributed by atoms with Crippen molar-refractivity contribution in [2.24, 2.45) is 11.3 Å². The molecule has 4 rings (SSSR count). The van der Waals surface area contributed by atoms with Gasteiger partial charge >= 0.3 is 5.19 Å². The summed E-state index contributed by atoms with van der Waals surface area (Å²) in [7, 11) is 2.17. The van der Waals surface area contributed by atoms with Gasteiger partial charge in [0.15, 0.2) is 0 Å². The minimum atomic E-state index is -0.220. The Morgan fingerprint density at radius 2 is 2.03 bits per heavy atom. The number of hydrogen-bond acceptors (Lipinski definition) is 7. The highest BCUT2D eigenvalue weighted by Crippen LogP contribution is 2.47. The van der Waals surface area contributed by atoms with Crippen molar-refractivity contribution in [3.05, 3.63) is 36.7 Å². The van der Waals surface area contributed by atoms with E-state index in [1.807, 2.05) is 30.5 Å². The van der Waals surface area contributed by atoms with Crippen LogP contribution in [0.2, 0.25) is 0 Å². The number of anilines is 1. The zero-order chi connectivity index (χ0) is 20.6. The average molecular weight is 449 g/mol. The normalized spacial score (nSPS) is 23.6. The summed E-state index contributed by atoms with van der Waals surface area (Å²) in [5.74, 6) is 1.33. The van der Waals surface area contributed by atoms with Crippen molar-refractivity contribution in [2.45, 2.75) is 39.8 Å². The highest BCUT2D eigenvalue weighted by atomic mass is 35.5. The third-order valence-electron chi connectivity index (χ3n) is 6.78. The lowest BCUT2D eigenvalue weighted by Crippen LogP contribution is -2.65. The molecule has 0 aliphatic carbocycles. The van der Waals surface area contributed by atoms with Gasteiger partial charge in [0.1, 0.15) is 5.75 Å². The monoisotopic (exact) mass is 448 g/mol. The molecule has 3 aromatic rings. The Labute approximate surface area is 187 Å². The third kappa shape index (κ3) is 4.04. The fourth-order valence-electron chi connectivity index (χ4n) is 3.96. The Hall–Kier alpha value is -2.16. The molecule has 2 atom stereocenters. The minimum absolute atomic E-state index is 0. The van der Waals surface area contributed by atoms with Crippen LogP contribution in [0.5, 0.6) is 10.9 Å². The van der Waals surface area contributed by atoms with Crippen LogP contribution in [0, 0.1) is 11.3 Å². The Morgan fingerprint density at radius 3 is 2.77 bits per heavy atom. The first-order chi connectivity index (χ1) is 13.8. The number of rotatable bonds is 5. The van der Waals surface area contributed by atoms with Crippen LogP contribution in [0.25, 0.3) is 11.1 Å². The number of aromatic nitrogens is 4. The number of ether oxygens (including phenoxy) is 1. The Balaban J connectivity index is 0.00000256. The maximum Gasteiger partial charge on any atom is 0.301 e. The fourth-order valence-corrected chi connectivity index (χ4v) is 4.67. The molecular formula is C21H29ClN6OS. The number of piperidine rings is 1. The van der Waals surface area contributed by atoms with Crippen LogP contribution < -0.4 is 10.1 Å². The van der Waals surface area contributed by atoms with Gasteiger partial charge in [-0.1, -0.05) is 38.0 Å². The highest BCUT2D eigenvalue weighted by molar-refractivity contribution is 7.16. The Morgan fingerprint density at radius 1 is 1.23 bits per heavy atom. The number of halogens is 1. The SMILES string of the molecule is CC1CCN(C)C(C)(Nc2nnc(Oc3cccc(-c4cn[nH]c4)c3)s2)C1(C)C.Cl. The van der Waals surface area contributed by atoms with Gasteiger partial charge in [-0.2, -0.15) is 5.10 Å². The van der Waals surface area contributed by atoms with E-state index in [4.69, 9.17) is 4.74 Å². The number of nitrogens with one attached hydrogen (secondary N) is 2. The van der Waals surface area contributed by atoms with E-state index in [2.05, 4.69) is 65.4 Å². The fraction of sp³-hybridized carbons (Fsp3) is 0.476. The summed E-state index contributed by atoms with van der Waals surface area (Å²) in [6, 6.07) is 7.87. The van der Waals surface area contributed by atoms with Crippen LogP contribution in [-0.2, 0) is 0 Å². The molecule has 2 unspecified atom stereocenters. The van der Waals surface area contributed by atoms with Crippen molar-refractivity contribution in [3.63, 3.8) is 0 Å². The molecule has 1 saturated heterocycles. The van der Waals surface area contributed by atoms with E-state index >= 15 is 0 Å². The topological polar surface area (TPSA) is 79.0 Å². The molecule has 0 amide bonds. The molecule has 162 valence electrons. The minimum Gasteiger partial charge on any atom is -0.430 e. The Kier molecular flexibility index (Phi) is 6.40. The van der Waals surface area contributed by atoms with Gasteiger partial charge in [-0.05, 0) is 55.3 Å². The maximum absolute atomic E-state index is 5.98. The molecule has 1 aromatic carbocycles. The predicted octanol–water partition coefficient (Wildman–Crippen LogP) is 5.27. The van der Waals surface area contributed by atoms with Crippen LogP contribution in [0.3, 0.4) is 0 Å². The van der Waals surface area contributed by atoms with E-state index in [1.54, 1.807) is 6.20 Å². The quantitative estimate of drug-likeness (QED) is 0.553. The molecule has 2 N–H and O–H groups in total. The molecule has 1 aliphatic heterocycles. The van der Waals surface area contributed by atoms with E-state index in [-0.39, 0.29) is 23.5 Å². The van der Waals surface area contributed by atoms with Crippen molar-refractivity contribution < 1.29 is 4.74 Å². The number of H-pyrrole nitrogens is 1. The zero-order valence-electron chi connectivity index (χ0n) is 18.0. The summed E-state index contributed by atoms with van der Waals surface area (Å²) < 4.78 is 5.98. The van der Waals surface area contributed by atoms with E-state index in [0.717, 1.165) is 28.6 Å². The molecule has 30 heavy (non-hydrogen) atoms. The van der Waals surface area contributed by atoms with Crippen LogP contribution in [0.4, 0.5) is 5.13 Å². The molecule has 7 nitrogen and oxygen atoms in total. The van der Waals surface area contributed by atoms with Gasteiger partial charge in [-0.3, -0.25) is 10.00 Å². The van der Waals surface area contributed by atoms with Gasteiger partial charge < -0.3 is 10.1 Å². The lowest BCUT2D eigenvalue weighted by atomic mass is 9.66. The number of aromatic amines is 1. The molecule has 0 radical (unpaired) electrons.